The topological polar surface area (TPSA) is 47.8 Å². The number of nitrogens with zero attached hydrogens (tertiary/aromatic N) is 3. The predicted molar refractivity (Wildman–Crippen MR) is 116 cm³/mol. The second kappa shape index (κ2) is 10.1. The van der Waals surface area contributed by atoms with E-state index < -0.39 is 22.5 Å². The molecular formula is C20H19BrF3N3OS2. The van der Waals surface area contributed by atoms with Crippen molar-refractivity contribution in [2.45, 2.75) is 42.1 Å². The minimum Gasteiger partial charge on any atom is -0.306 e. The maximum atomic E-state index is 12.7. The van der Waals surface area contributed by atoms with E-state index in [4.69, 9.17) is 0 Å². The molecule has 30 heavy (non-hydrogen) atoms. The predicted octanol–water partition coefficient (Wildman–Crippen LogP) is 5.82. The minimum absolute atomic E-state index is 0.289. The highest BCUT2D eigenvalue weighted by Gasteiger charge is 2.29. The van der Waals surface area contributed by atoms with Gasteiger partial charge in [0.15, 0.2) is 5.16 Å². The zero-order valence-electron chi connectivity index (χ0n) is 16.0. The van der Waals surface area contributed by atoms with E-state index >= 15 is 0 Å². The molecule has 0 aliphatic heterocycles. The van der Waals surface area contributed by atoms with Gasteiger partial charge >= 0.3 is 6.18 Å². The zero-order valence-corrected chi connectivity index (χ0v) is 19.2. The van der Waals surface area contributed by atoms with Crippen LogP contribution < -0.4 is 0 Å². The molecule has 0 bridgehead atoms. The molecule has 10 heteroatoms. The Morgan fingerprint density at radius 3 is 2.23 bits per heavy atom. The third-order valence-corrected chi connectivity index (χ3v) is 7.09. The van der Waals surface area contributed by atoms with E-state index in [2.05, 4.69) is 26.1 Å². The van der Waals surface area contributed by atoms with Gasteiger partial charge in [0.25, 0.3) is 0 Å². The Kier molecular flexibility index (Phi) is 7.75. The molecule has 1 heterocycles. The molecule has 0 radical (unpaired) electrons. The molecular weight excluding hydrogens is 499 g/mol. The van der Waals surface area contributed by atoms with Crippen molar-refractivity contribution < 1.29 is 17.4 Å². The van der Waals surface area contributed by atoms with E-state index in [1.54, 1.807) is 0 Å². The highest BCUT2D eigenvalue weighted by molar-refractivity contribution is 9.10. The molecule has 3 rings (SSSR count). The van der Waals surface area contributed by atoms with Gasteiger partial charge in [0.1, 0.15) is 5.82 Å². The maximum Gasteiger partial charge on any atom is 0.416 e. The zero-order chi connectivity index (χ0) is 21.7. The lowest BCUT2D eigenvalue weighted by Crippen LogP contribution is -2.08. The molecule has 3 aromatic rings. The van der Waals surface area contributed by atoms with Crippen LogP contribution in [0.25, 0.3) is 0 Å². The van der Waals surface area contributed by atoms with Crippen LogP contribution in [0, 0.1) is 0 Å². The summed E-state index contributed by atoms with van der Waals surface area (Å²) >= 11 is 4.78. The van der Waals surface area contributed by atoms with Crippen molar-refractivity contribution in [3.8, 4) is 0 Å². The Labute approximate surface area is 187 Å². The van der Waals surface area contributed by atoms with Crippen molar-refractivity contribution in [2.24, 2.45) is 0 Å². The van der Waals surface area contributed by atoms with Gasteiger partial charge in [-0.3, -0.25) is 4.21 Å². The van der Waals surface area contributed by atoms with Crippen LogP contribution in [0.2, 0.25) is 0 Å². The Morgan fingerprint density at radius 1 is 1.00 bits per heavy atom. The van der Waals surface area contributed by atoms with E-state index in [-0.39, 0.29) is 5.75 Å². The fourth-order valence-corrected chi connectivity index (χ4v) is 5.16. The summed E-state index contributed by atoms with van der Waals surface area (Å²) in [5, 5.41) is 9.03. The summed E-state index contributed by atoms with van der Waals surface area (Å²) in [6.45, 7) is 2.57. The summed E-state index contributed by atoms with van der Waals surface area (Å²) in [6.07, 6.45) is -4.34. The fourth-order valence-electron chi connectivity index (χ4n) is 2.75. The van der Waals surface area contributed by atoms with Gasteiger partial charge in [-0.1, -0.05) is 52.0 Å². The molecule has 0 spiro atoms. The molecule has 0 fully saturated rings. The molecule has 1 aromatic heterocycles. The highest BCUT2D eigenvalue weighted by atomic mass is 79.9. The number of halogens is 4. The molecule has 0 aliphatic rings. The largest absolute Gasteiger partial charge is 0.416 e. The van der Waals surface area contributed by atoms with Crippen molar-refractivity contribution in [3.05, 3.63) is 75.5 Å². The van der Waals surface area contributed by atoms with Crippen molar-refractivity contribution in [1.29, 1.82) is 0 Å². The highest BCUT2D eigenvalue weighted by Crippen LogP contribution is 2.30. The minimum atomic E-state index is -4.34. The van der Waals surface area contributed by atoms with Crippen LogP contribution >= 0.6 is 27.7 Å². The SMILES string of the molecule is CCn1c(C[S@@](=O)Cc2ccc(Br)cc2)nnc1SCc1ccc(C(F)(F)F)cc1. The Hall–Kier alpha value is -1.65. The summed E-state index contributed by atoms with van der Waals surface area (Å²) in [6, 6.07) is 12.8. The Bertz CT molecular complexity index is 1010. The molecule has 2 aromatic carbocycles. The van der Waals surface area contributed by atoms with E-state index in [0.29, 0.717) is 29.0 Å². The summed E-state index contributed by atoms with van der Waals surface area (Å²) in [7, 11) is -1.13. The maximum absolute atomic E-state index is 12.7. The average molecular weight is 518 g/mol. The number of alkyl halides is 3. The van der Waals surface area contributed by atoms with Gasteiger partial charge < -0.3 is 4.57 Å². The lowest BCUT2D eigenvalue weighted by atomic mass is 10.1. The van der Waals surface area contributed by atoms with E-state index in [1.165, 1.54) is 23.9 Å². The summed E-state index contributed by atoms with van der Waals surface area (Å²) in [4.78, 5) is 0. The number of benzene rings is 2. The van der Waals surface area contributed by atoms with E-state index in [1.807, 2.05) is 35.8 Å². The van der Waals surface area contributed by atoms with Gasteiger partial charge in [-0.05, 0) is 42.3 Å². The van der Waals surface area contributed by atoms with Gasteiger partial charge in [-0.15, -0.1) is 10.2 Å². The standard InChI is InChI=1S/C20H19BrF3N3OS2/c1-2-27-18(13-30(28)12-15-5-9-17(21)10-6-15)25-26-19(27)29-11-14-3-7-16(8-4-14)20(22,23)24/h3-10H,2,11-13H2,1H3/t30-/m0/s1. The van der Waals surface area contributed by atoms with Crippen LogP contribution in [0.1, 0.15) is 29.4 Å². The van der Waals surface area contributed by atoms with Crippen molar-refractivity contribution in [3.63, 3.8) is 0 Å². The Balaban J connectivity index is 1.62. The lowest BCUT2D eigenvalue weighted by Gasteiger charge is -2.09. The van der Waals surface area contributed by atoms with Gasteiger partial charge in [0.05, 0.1) is 11.3 Å². The number of hydrogen-bond donors (Lipinski definition) is 0. The van der Waals surface area contributed by atoms with Crippen LogP contribution in [0.3, 0.4) is 0 Å². The van der Waals surface area contributed by atoms with E-state index in [9.17, 15) is 17.4 Å². The lowest BCUT2D eigenvalue weighted by molar-refractivity contribution is -0.137. The molecule has 4 nitrogen and oxygen atoms in total. The molecule has 0 amide bonds. The van der Waals surface area contributed by atoms with Crippen LogP contribution in [-0.4, -0.2) is 19.0 Å². The third kappa shape index (κ3) is 6.18. The first kappa shape index (κ1) is 23.0. The molecule has 0 N–H and O–H groups in total. The molecule has 0 aliphatic carbocycles. The monoisotopic (exact) mass is 517 g/mol. The summed E-state index contributed by atoms with van der Waals surface area (Å²) in [5.74, 6) is 1.83. The normalized spacial score (nSPS) is 12.8. The molecule has 0 saturated heterocycles. The van der Waals surface area contributed by atoms with Gasteiger partial charge in [-0.25, -0.2) is 0 Å². The smallest absolute Gasteiger partial charge is 0.306 e. The van der Waals surface area contributed by atoms with E-state index in [0.717, 1.165) is 27.7 Å². The number of hydrogen-bond acceptors (Lipinski definition) is 4. The van der Waals surface area contributed by atoms with Crippen LogP contribution in [-0.2, 0) is 40.8 Å². The molecule has 0 saturated carbocycles. The second-order valence-corrected chi connectivity index (χ2v) is 9.80. The van der Waals surface area contributed by atoms with Crippen molar-refractivity contribution >= 4 is 38.5 Å². The van der Waals surface area contributed by atoms with Crippen molar-refractivity contribution in [2.75, 3.05) is 0 Å². The van der Waals surface area contributed by atoms with Crippen molar-refractivity contribution in [1.82, 2.24) is 14.8 Å². The fraction of sp³-hybridized carbons (Fsp3) is 0.300. The first-order valence-corrected chi connectivity index (χ1v) is 12.3. The number of rotatable bonds is 8. The first-order chi connectivity index (χ1) is 14.3. The quantitative estimate of drug-likeness (QED) is 0.353. The molecule has 160 valence electrons. The van der Waals surface area contributed by atoms with Gasteiger partial charge in [0, 0.05) is 33.3 Å². The first-order valence-electron chi connectivity index (χ1n) is 9.06. The third-order valence-electron chi connectivity index (χ3n) is 4.29. The molecule has 1 atom stereocenters. The van der Waals surface area contributed by atoms with Gasteiger partial charge in [0.2, 0.25) is 0 Å². The number of thioether (sulfide) groups is 1. The second-order valence-electron chi connectivity index (χ2n) is 6.48. The average Bonchev–Trinajstić information content (AvgIpc) is 3.09. The summed E-state index contributed by atoms with van der Waals surface area (Å²) < 4.78 is 53.5. The van der Waals surface area contributed by atoms with Crippen LogP contribution in [0.5, 0.6) is 0 Å². The van der Waals surface area contributed by atoms with Gasteiger partial charge in [-0.2, -0.15) is 13.2 Å². The van der Waals surface area contributed by atoms with Crippen LogP contribution in [0.4, 0.5) is 13.2 Å². The summed E-state index contributed by atoms with van der Waals surface area (Å²) in [5.41, 5.74) is 1.08. The number of aromatic nitrogens is 3. The molecule has 0 unspecified atom stereocenters. The van der Waals surface area contributed by atoms with Crippen LogP contribution in [0.15, 0.2) is 58.2 Å². The Morgan fingerprint density at radius 2 is 1.63 bits per heavy atom.